The van der Waals surface area contributed by atoms with Gasteiger partial charge >= 0.3 is 0 Å². The van der Waals surface area contributed by atoms with Gasteiger partial charge in [-0.1, -0.05) is 52.2 Å². The summed E-state index contributed by atoms with van der Waals surface area (Å²) in [5, 5.41) is 0. The lowest BCUT2D eigenvalue weighted by Crippen LogP contribution is -2.14. The van der Waals surface area contributed by atoms with Gasteiger partial charge in [-0.25, -0.2) is 0 Å². The van der Waals surface area contributed by atoms with Crippen molar-refractivity contribution in [2.24, 2.45) is 0 Å². The van der Waals surface area contributed by atoms with Crippen LogP contribution in [0, 0.1) is 0 Å². The molecule has 1 saturated carbocycles. The number of ether oxygens (including phenoxy) is 1. The van der Waals surface area contributed by atoms with Crippen LogP contribution in [0.1, 0.15) is 69.9 Å². The van der Waals surface area contributed by atoms with Crippen LogP contribution in [-0.2, 0) is 5.41 Å². The zero-order valence-electron chi connectivity index (χ0n) is 12.3. The van der Waals surface area contributed by atoms with Crippen LogP contribution in [0.4, 0.5) is 0 Å². The maximum atomic E-state index is 5.51. The van der Waals surface area contributed by atoms with Crippen LogP contribution >= 0.6 is 0 Å². The van der Waals surface area contributed by atoms with Crippen molar-refractivity contribution in [2.45, 2.75) is 64.2 Å². The van der Waals surface area contributed by atoms with Crippen molar-refractivity contribution in [3.8, 4) is 5.75 Å². The average Bonchev–Trinajstić information content (AvgIpc) is 2.38. The molecule has 100 valence electrons. The van der Waals surface area contributed by atoms with E-state index >= 15 is 0 Å². The molecule has 1 fully saturated rings. The molecule has 1 aliphatic carbocycles. The molecule has 0 radical (unpaired) electrons. The number of benzene rings is 1. The smallest absolute Gasteiger partial charge is 0.122 e. The van der Waals surface area contributed by atoms with Gasteiger partial charge in [0.2, 0.25) is 0 Å². The Morgan fingerprint density at radius 2 is 1.72 bits per heavy atom. The van der Waals surface area contributed by atoms with Crippen molar-refractivity contribution in [3.05, 3.63) is 29.3 Å². The Labute approximate surface area is 112 Å². The van der Waals surface area contributed by atoms with Gasteiger partial charge in [0.05, 0.1) is 7.11 Å². The molecule has 0 unspecified atom stereocenters. The van der Waals surface area contributed by atoms with Gasteiger partial charge < -0.3 is 4.74 Å². The van der Waals surface area contributed by atoms with Crippen LogP contribution in [-0.4, -0.2) is 7.11 Å². The fourth-order valence-corrected chi connectivity index (χ4v) is 3.00. The van der Waals surface area contributed by atoms with Gasteiger partial charge in [-0.05, 0) is 41.4 Å². The van der Waals surface area contributed by atoms with Gasteiger partial charge in [0.15, 0.2) is 0 Å². The van der Waals surface area contributed by atoms with E-state index in [1.165, 1.54) is 43.2 Å². The first kappa shape index (κ1) is 13.5. The van der Waals surface area contributed by atoms with E-state index in [0.29, 0.717) is 0 Å². The lowest BCUT2D eigenvalue weighted by Gasteiger charge is -2.27. The summed E-state index contributed by atoms with van der Waals surface area (Å²) in [6.45, 7) is 6.78. The summed E-state index contributed by atoms with van der Waals surface area (Å²) >= 11 is 0. The summed E-state index contributed by atoms with van der Waals surface area (Å²) in [6, 6.07) is 6.81. The molecule has 2 rings (SSSR count). The van der Waals surface area contributed by atoms with Crippen molar-refractivity contribution in [2.75, 3.05) is 7.11 Å². The van der Waals surface area contributed by atoms with Crippen LogP contribution in [0.3, 0.4) is 0 Å². The molecule has 1 heteroatoms. The van der Waals surface area contributed by atoms with Crippen molar-refractivity contribution in [1.82, 2.24) is 0 Å². The third-order valence-corrected chi connectivity index (χ3v) is 4.11. The minimum Gasteiger partial charge on any atom is -0.496 e. The molecule has 1 aromatic carbocycles. The van der Waals surface area contributed by atoms with Crippen molar-refractivity contribution in [1.29, 1.82) is 0 Å². The molecular formula is C17H26O. The highest BCUT2D eigenvalue weighted by molar-refractivity contribution is 5.42. The first-order valence-electron chi connectivity index (χ1n) is 7.21. The average molecular weight is 246 g/mol. The zero-order valence-corrected chi connectivity index (χ0v) is 12.3. The lowest BCUT2D eigenvalue weighted by molar-refractivity contribution is 0.395. The van der Waals surface area contributed by atoms with E-state index in [2.05, 4.69) is 39.0 Å². The number of hydrogen-bond acceptors (Lipinski definition) is 1. The Hall–Kier alpha value is -0.980. The minimum absolute atomic E-state index is 0.149. The predicted molar refractivity (Wildman–Crippen MR) is 77.5 cm³/mol. The van der Waals surface area contributed by atoms with Gasteiger partial charge in [0, 0.05) is 0 Å². The molecule has 0 saturated heterocycles. The highest BCUT2D eigenvalue weighted by atomic mass is 16.5. The predicted octanol–water partition coefficient (Wildman–Crippen LogP) is 5.04. The van der Waals surface area contributed by atoms with Crippen LogP contribution in [0.15, 0.2) is 18.2 Å². The molecule has 1 aromatic rings. The summed E-state index contributed by atoms with van der Waals surface area (Å²) in [7, 11) is 1.77. The summed E-state index contributed by atoms with van der Waals surface area (Å²) in [6.07, 6.45) is 6.91. The Bertz CT molecular complexity index is 395. The standard InChI is InChI=1S/C17H26O/c1-17(2,3)15-12-14(10-11-16(15)18-4)13-8-6-5-7-9-13/h10-13H,5-9H2,1-4H3. The highest BCUT2D eigenvalue weighted by Crippen LogP contribution is 2.38. The van der Waals surface area contributed by atoms with Crippen LogP contribution in [0.25, 0.3) is 0 Å². The minimum atomic E-state index is 0.149. The number of methoxy groups -OCH3 is 1. The topological polar surface area (TPSA) is 9.23 Å². The molecule has 0 bridgehead atoms. The van der Waals surface area contributed by atoms with E-state index in [0.717, 1.165) is 11.7 Å². The van der Waals surface area contributed by atoms with Gasteiger partial charge in [-0.15, -0.1) is 0 Å². The monoisotopic (exact) mass is 246 g/mol. The molecule has 1 aliphatic rings. The molecular weight excluding hydrogens is 220 g/mol. The second-order valence-electron chi connectivity index (χ2n) is 6.54. The summed E-state index contributed by atoms with van der Waals surface area (Å²) < 4.78 is 5.51. The summed E-state index contributed by atoms with van der Waals surface area (Å²) in [5.74, 6) is 1.80. The van der Waals surface area contributed by atoms with Crippen LogP contribution in [0.5, 0.6) is 5.75 Å². The van der Waals surface area contributed by atoms with Gasteiger partial charge in [-0.2, -0.15) is 0 Å². The first-order valence-corrected chi connectivity index (χ1v) is 7.21. The number of rotatable bonds is 2. The van der Waals surface area contributed by atoms with E-state index in [9.17, 15) is 0 Å². The van der Waals surface area contributed by atoms with E-state index in [1.54, 1.807) is 7.11 Å². The maximum absolute atomic E-state index is 5.51. The van der Waals surface area contributed by atoms with Crippen molar-refractivity contribution in [3.63, 3.8) is 0 Å². The van der Waals surface area contributed by atoms with E-state index < -0.39 is 0 Å². The van der Waals surface area contributed by atoms with Crippen molar-refractivity contribution < 1.29 is 4.74 Å². The SMILES string of the molecule is COc1ccc(C2CCCCC2)cc1C(C)(C)C. The first-order chi connectivity index (χ1) is 8.52. The Kier molecular flexibility index (Phi) is 3.99. The molecule has 0 heterocycles. The number of hydrogen-bond donors (Lipinski definition) is 0. The largest absolute Gasteiger partial charge is 0.496 e. The third-order valence-electron chi connectivity index (χ3n) is 4.11. The molecule has 0 spiro atoms. The zero-order chi connectivity index (χ0) is 13.2. The van der Waals surface area contributed by atoms with Crippen LogP contribution in [0.2, 0.25) is 0 Å². The second kappa shape index (κ2) is 5.34. The molecule has 0 atom stereocenters. The van der Waals surface area contributed by atoms with E-state index in [4.69, 9.17) is 4.74 Å². The quantitative estimate of drug-likeness (QED) is 0.710. The fourth-order valence-electron chi connectivity index (χ4n) is 3.00. The Morgan fingerprint density at radius 1 is 1.06 bits per heavy atom. The Morgan fingerprint density at radius 3 is 2.28 bits per heavy atom. The lowest BCUT2D eigenvalue weighted by atomic mass is 9.80. The molecule has 0 aliphatic heterocycles. The van der Waals surface area contributed by atoms with Crippen LogP contribution < -0.4 is 4.74 Å². The van der Waals surface area contributed by atoms with E-state index in [1.807, 2.05) is 0 Å². The molecule has 0 N–H and O–H groups in total. The molecule has 0 aromatic heterocycles. The third kappa shape index (κ3) is 2.88. The van der Waals surface area contributed by atoms with E-state index in [-0.39, 0.29) is 5.41 Å². The normalized spacial score (nSPS) is 17.8. The van der Waals surface area contributed by atoms with Gasteiger partial charge in [-0.3, -0.25) is 0 Å². The molecule has 0 amide bonds. The maximum Gasteiger partial charge on any atom is 0.122 e. The van der Waals surface area contributed by atoms with Crippen molar-refractivity contribution >= 4 is 0 Å². The summed E-state index contributed by atoms with van der Waals surface area (Å²) in [5.41, 5.74) is 3.00. The molecule has 1 nitrogen and oxygen atoms in total. The second-order valence-corrected chi connectivity index (χ2v) is 6.54. The highest BCUT2D eigenvalue weighted by Gasteiger charge is 2.22. The van der Waals surface area contributed by atoms with Gasteiger partial charge in [0.25, 0.3) is 0 Å². The molecule has 18 heavy (non-hydrogen) atoms. The van der Waals surface area contributed by atoms with Gasteiger partial charge in [0.1, 0.15) is 5.75 Å². The Balaban J connectivity index is 2.33. The summed E-state index contributed by atoms with van der Waals surface area (Å²) in [4.78, 5) is 0. The fraction of sp³-hybridized carbons (Fsp3) is 0.647.